The van der Waals surface area contributed by atoms with Crippen LogP contribution in [0.1, 0.15) is 0 Å². The smallest absolute Gasteiger partial charge is 0.234 e. The maximum absolute atomic E-state index is 13.7. The molecule has 27 heavy (non-hydrogen) atoms. The number of para-hydroxylation sites is 2. The van der Waals surface area contributed by atoms with Gasteiger partial charge in [-0.3, -0.25) is 4.79 Å². The Hall–Kier alpha value is -3.05. The van der Waals surface area contributed by atoms with Gasteiger partial charge in [0.05, 0.1) is 17.1 Å². The van der Waals surface area contributed by atoms with Crippen LogP contribution in [0, 0.1) is 5.82 Å². The number of hydrogen-bond donors (Lipinski definition) is 2. The summed E-state index contributed by atoms with van der Waals surface area (Å²) in [5.41, 5.74) is 3.27. The number of hydrogen-bond acceptors (Lipinski definition) is 2. The number of carbonyl (C=O) groups excluding carboxylic acids is 1. The number of aromatic nitrogens is 1. The van der Waals surface area contributed by atoms with Crippen LogP contribution in [-0.4, -0.2) is 16.6 Å². The SMILES string of the molecule is O=C(CSc1c(-c2ccccc2)[nH]c2ccccc12)Nc1ccccc1F. The van der Waals surface area contributed by atoms with Crippen molar-refractivity contribution in [2.75, 3.05) is 11.1 Å². The van der Waals surface area contributed by atoms with E-state index in [1.807, 2.05) is 54.6 Å². The predicted molar refractivity (Wildman–Crippen MR) is 109 cm³/mol. The molecule has 0 unspecified atom stereocenters. The van der Waals surface area contributed by atoms with Crippen LogP contribution in [-0.2, 0) is 4.79 Å². The number of amides is 1. The highest BCUT2D eigenvalue weighted by molar-refractivity contribution is 8.00. The van der Waals surface area contributed by atoms with Crippen LogP contribution < -0.4 is 5.32 Å². The lowest BCUT2D eigenvalue weighted by atomic mass is 10.1. The second kappa shape index (κ2) is 7.68. The summed E-state index contributed by atoms with van der Waals surface area (Å²) in [6.07, 6.45) is 0. The molecule has 2 N–H and O–H groups in total. The van der Waals surface area contributed by atoms with E-state index >= 15 is 0 Å². The highest BCUT2D eigenvalue weighted by atomic mass is 32.2. The molecular weight excluding hydrogens is 359 g/mol. The highest BCUT2D eigenvalue weighted by Gasteiger charge is 2.15. The minimum atomic E-state index is -0.437. The van der Waals surface area contributed by atoms with Crippen LogP contribution in [0.25, 0.3) is 22.2 Å². The summed E-state index contributed by atoms with van der Waals surface area (Å²) < 4.78 is 13.7. The van der Waals surface area contributed by atoms with Crippen molar-refractivity contribution in [3.05, 3.63) is 84.7 Å². The maximum Gasteiger partial charge on any atom is 0.234 e. The monoisotopic (exact) mass is 376 g/mol. The molecule has 4 aromatic rings. The van der Waals surface area contributed by atoms with E-state index in [0.717, 1.165) is 27.1 Å². The van der Waals surface area contributed by atoms with Gasteiger partial charge < -0.3 is 10.3 Å². The average molecular weight is 376 g/mol. The first kappa shape index (κ1) is 17.4. The van der Waals surface area contributed by atoms with E-state index in [2.05, 4.69) is 10.3 Å². The zero-order chi connectivity index (χ0) is 18.6. The topological polar surface area (TPSA) is 44.9 Å². The summed E-state index contributed by atoms with van der Waals surface area (Å²) in [6.45, 7) is 0. The number of rotatable bonds is 5. The Labute approximate surface area is 160 Å². The lowest BCUT2D eigenvalue weighted by Crippen LogP contribution is -2.14. The fraction of sp³-hybridized carbons (Fsp3) is 0.0455. The van der Waals surface area contributed by atoms with Gasteiger partial charge in [0.2, 0.25) is 5.91 Å². The molecule has 1 amide bonds. The Kier molecular flexibility index (Phi) is 4.94. The van der Waals surface area contributed by atoms with Gasteiger partial charge in [-0.15, -0.1) is 11.8 Å². The van der Waals surface area contributed by atoms with Gasteiger partial charge in [-0.05, 0) is 23.8 Å². The third kappa shape index (κ3) is 3.73. The van der Waals surface area contributed by atoms with E-state index in [0.29, 0.717) is 0 Å². The summed E-state index contributed by atoms with van der Waals surface area (Å²) in [5, 5.41) is 3.70. The molecule has 3 nitrogen and oxygen atoms in total. The van der Waals surface area contributed by atoms with Crippen LogP contribution in [0.2, 0.25) is 0 Å². The van der Waals surface area contributed by atoms with E-state index in [9.17, 15) is 9.18 Å². The average Bonchev–Trinajstić information content (AvgIpc) is 3.07. The molecule has 0 radical (unpaired) electrons. The molecule has 0 atom stereocenters. The number of carbonyl (C=O) groups is 1. The number of halogens is 1. The van der Waals surface area contributed by atoms with Gasteiger partial charge in [-0.1, -0.05) is 60.7 Å². The Morgan fingerprint density at radius 3 is 2.44 bits per heavy atom. The van der Waals surface area contributed by atoms with Crippen molar-refractivity contribution in [1.29, 1.82) is 0 Å². The van der Waals surface area contributed by atoms with Crippen LogP contribution in [0.15, 0.2) is 83.8 Å². The maximum atomic E-state index is 13.7. The molecule has 3 aromatic carbocycles. The van der Waals surface area contributed by atoms with Gasteiger partial charge in [-0.25, -0.2) is 4.39 Å². The van der Waals surface area contributed by atoms with E-state index in [-0.39, 0.29) is 17.3 Å². The molecule has 0 bridgehead atoms. The minimum absolute atomic E-state index is 0.190. The van der Waals surface area contributed by atoms with Crippen molar-refractivity contribution < 1.29 is 9.18 Å². The van der Waals surface area contributed by atoms with Gasteiger partial charge in [0.15, 0.2) is 0 Å². The van der Waals surface area contributed by atoms with Crippen LogP contribution in [0.4, 0.5) is 10.1 Å². The second-order valence-corrected chi connectivity index (χ2v) is 7.04. The number of H-pyrrole nitrogens is 1. The second-order valence-electron chi connectivity index (χ2n) is 6.06. The van der Waals surface area contributed by atoms with Crippen molar-refractivity contribution >= 4 is 34.3 Å². The Bertz CT molecular complexity index is 1090. The highest BCUT2D eigenvalue weighted by Crippen LogP contribution is 2.37. The molecule has 1 aromatic heterocycles. The van der Waals surface area contributed by atoms with Crippen molar-refractivity contribution in [1.82, 2.24) is 4.98 Å². The molecule has 0 fully saturated rings. The van der Waals surface area contributed by atoms with E-state index in [1.165, 1.54) is 17.8 Å². The molecule has 5 heteroatoms. The fourth-order valence-corrected chi connectivity index (χ4v) is 3.96. The lowest BCUT2D eigenvalue weighted by molar-refractivity contribution is -0.113. The molecule has 0 aliphatic carbocycles. The van der Waals surface area contributed by atoms with E-state index in [4.69, 9.17) is 0 Å². The third-order valence-corrected chi connectivity index (χ3v) is 5.34. The normalized spacial score (nSPS) is 10.9. The zero-order valence-corrected chi connectivity index (χ0v) is 15.2. The van der Waals surface area contributed by atoms with Crippen LogP contribution >= 0.6 is 11.8 Å². The fourth-order valence-electron chi connectivity index (χ4n) is 2.96. The summed E-state index contributed by atoms with van der Waals surface area (Å²) >= 11 is 1.45. The van der Waals surface area contributed by atoms with Crippen molar-refractivity contribution in [2.24, 2.45) is 0 Å². The van der Waals surface area contributed by atoms with Gasteiger partial charge in [0.1, 0.15) is 5.82 Å². The molecule has 134 valence electrons. The Morgan fingerprint density at radius 1 is 0.926 bits per heavy atom. The van der Waals surface area contributed by atoms with Gasteiger partial charge in [0.25, 0.3) is 0 Å². The summed E-state index contributed by atoms with van der Waals surface area (Å²) in [6, 6.07) is 24.2. The van der Waals surface area contributed by atoms with Gasteiger partial charge >= 0.3 is 0 Å². The van der Waals surface area contributed by atoms with E-state index in [1.54, 1.807) is 18.2 Å². The van der Waals surface area contributed by atoms with Crippen molar-refractivity contribution in [3.8, 4) is 11.3 Å². The first-order valence-corrected chi connectivity index (χ1v) is 9.54. The molecule has 0 saturated carbocycles. The van der Waals surface area contributed by atoms with Crippen molar-refractivity contribution in [3.63, 3.8) is 0 Å². The number of anilines is 1. The molecule has 0 aliphatic heterocycles. The molecular formula is C22H17FN2OS. The number of fused-ring (bicyclic) bond motifs is 1. The molecule has 0 spiro atoms. The Morgan fingerprint density at radius 2 is 1.63 bits per heavy atom. The molecule has 1 heterocycles. The number of thioether (sulfide) groups is 1. The Balaban J connectivity index is 1.60. The summed E-state index contributed by atoms with van der Waals surface area (Å²) in [5.74, 6) is -0.488. The first-order valence-electron chi connectivity index (χ1n) is 8.55. The number of benzene rings is 3. The van der Waals surface area contributed by atoms with Gasteiger partial charge in [-0.2, -0.15) is 0 Å². The summed E-state index contributed by atoms with van der Waals surface area (Å²) in [7, 11) is 0. The van der Waals surface area contributed by atoms with Crippen molar-refractivity contribution in [2.45, 2.75) is 4.90 Å². The molecule has 4 rings (SSSR count). The minimum Gasteiger partial charge on any atom is -0.354 e. The predicted octanol–water partition coefficient (Wildman–Crippen LogP) is 5.70. The lowest BCUT2D eigenvalue weighted by Gasteiger charge is -2.07. The summed E-state index contributed by atoms with van der Waals surface area (Å²) in [4.78, 5) is 16.8. The first-order chi connectivity index (χ1) is 13.2. The largest absolute Gasteiger partial charge is 0.354 e. The number of aromatic amines is 1. The van der Waals surface area contributed by atoms with E-state index < -0.39 is 5.82 Å². The quantitative estimate of drug-likeness (QED) is 0.439. The third-order valence-electron chi connectivity index (χ3n) is 4.22. The standard InChI is InChI=1S/C22H17FN2OS/c23-17-11-5-7-13-19(17)24-20(26)14-27-22-16-10-4-6-12-18(16)25-21(22)15-8-2-1-3-9-15/h1-13,25H,14H2,(H,24,26). The van der Waals surface area contributed by atoms with Crippen LogP contribution in [0.3, 0.4) is 0 Å². The van der Waals surface area contributed by atoms with Gasteiger partial charge in [0, 0.05) is 15.8 Å². The molecule has 0 aliphatic rings. The number of nitrogens with one attached hydrogen (secondary N) is 2. The molecule has 0 saturated heterocycles. The zero-order valence-electron chi connectivity index (χ0n) is 14.4. The van der Waals surface area contributed by atoms with Crippen LogP contribution in [0.5, 0.6) is 0 Å².